The van der Waals surface area contributed by atoms with Gasteiger partial charge >= 0.3 is 5.97 Å². The Kier molecular flexibility index (Phi) is 5.51. The largest absolute Gasteiger partial charge is 0.465 e. The van der Waals surface area contributed by atoms with Gasteiger partial charge in [0.25, 0.3) is 5.91 Å². The summed E-state index contributed by atoms with van der Waals surface area (Å²) in [7, 11) is 1.35. The zero-order chi connectivity index (χ0) is 18.5. The molecule has 136 valence electrons. The zero-order valence-electron chi connectivity index (χ0n) is 15.1. The summed E-state index contributed by atoms with van der Waals surface area (Å²) in [5.41, 5.74) is 2.45. The van der Waals surface area contributed by atoms with E-state index in [1.54, 1.807) is 36.7 Å². The average Bonchev–Trinajstić information content (AvgIpc) is 2.67. The number of piperidine rings is 1. The molecule has 0 saturated carbocycles. The fraction of sp³-hybridized carbons (Fsp3) is 0.350. The topological polar surface area (TPSA) is 71.5 Å². The summed E-state index contributed by atoms with van der Waals surface area (Å²) >= 11 is 0. The molecule has 1 aliphatic heterocycles. The monoisotopic (exact) mass is 353 g/mol. The van der Waals surface area contributed by atoms with E-state index in [1.807, 2.05) is 11.0 Å². The average molecular weight is 353 g/mol. The van der Waals surface area contributed by atoms with E-state index in [0.717, 1.165) is 25.2 Å². The Morgan fingerprint density at radius 3 is 2.77 bits per heavy atom. The van der Waals surface area contributed by atoms with E-state index in [-0.39, 0.29) is 5.91 Å². The number of esters is 1. The first-order valence-electron chi connectivity index (χ1n) is 8.76. The maximum Gasteiger partial charge on any atom is 0.337 e. The molecule has 1 unspecified atom stereocenters. The molecule has 1 aromatic carbocycles. The van der Waals surface area contributed by atoms with Crippen molar-refractivity contribution in [2.75, 3.05) is 25.5 Å². The van der Waals surface area contributed by atoms with E-state index in [9.17, 15) is 9.59 Å². The predicted octanol–water partition coefficient (Wildman–Crippen LogP) is 3.48. The van der Waals surface area contributed by atoms with Gasteiger partial charge in [0.2, 0.25) is 0 Å². The van der Waals surface area contributed by atoms with Crippen LogP contribution >= 0.6 is 0 Å². The summed E-state index contributed by atoms with van der Waals surface area (Å²) in [6.45, 7) is 3.75. The number of ether oxygens (including phenoxy) is 1. The molecular formula is C20H23N3O3. The van der Waals surface area contributed by atoms with Crippen molar-refractivity contribution < 1.29 is 14.3 Å². The van der Waals surface area contributed by atoms with Crippen molar-refractivity contribution in [2.24, 2.45) is 5.92 Å². The second-order valence-electron chi connectivity index (χ2n) is 6.66. The van der Waals surface area contributed by atoms with Crippen LogP contribution in [0.5, 0.6) is 0 Å². The second-order valence-corrected chi connectivity index (χ2v) is 6.66. The van der Waals surface area contributed by atoms with Crippen LogP contribution in [0.2, 0.25) is 0 Å². The molecule has 2 heterocycles. The molecule has 2 aromatic rings. The molecule has 0 bridgehead atoms. The van der Waals surface area contributed by atoms with Crippen LogP contribution in [0.1, 0.15) is 40.5 Å². The molecule has 6 heteroatoms. The van der Waals surface area contributed by atoms with Gasteiger partial charge in [0.1, 0.15) is 0 Å². The predicted molar refractivity (Wildman–Crippen MR) is 99.6 cm³/mol. The molecule has 6 nitrogen and oxygen atoms in total. The number of anilines is 2. The third kappa shape index (κ3) is 4.20. The van der Waals surface area contributed by atoms with Crippen molar-refractivity contribution >= 4 is 23.3 Å². The van der Waals surface area contributed by atoms with E-state index in [4.69, 9.17) is 4.74 Å². The van der Waals surface area contributed by atoms with Gasteiger partial charge in [-0.25, -0.2) is 4.79 Å². The number of pyridine rings is 1. The van der Waals surface area contributed by atoms with Gasteiger partial charge in [-0.3, -0.25) is 9.78 Å². The minimum atomic E-state index is -0.394. The number of carbonyl (C=O) groups excluding carboxylic acids is 2. The number of carbonyl (C=O) groups is 2. The number of aromatic nitrogens is 1. The molecule has 1 N–H and O–H groups in total. The lowest BCUT2D eigenvalue weighted by Crippen LogP contribution is -2.39. The molecule has 1 aliphatic rings. The fourth-order valence-electron chi connectivity index (χ4n) is 3.19. The lowest BCUT2D eigenvalue weighted by molar-refractivity contribution is 0.0600. The van der Waals surface area contributed by atoms with Crippen molar-refractivity contribution in [3.05, 3.63) is 53.9 Å². The number of hydrogen-bond donors (Lipinski definition) is 1. The third-order valence-electron chi connectivity index (χ3n) is 4.50. The Hall–Kier alpha value is -2.89. The number of hydrogen-bond acceptors (Lipinski definition) is 5. The molecule has 0 aliphatic carbocycles. The Morgan fingerprint density at radius 2 is 2.00 bits per heavy atom. The van der Waals surface area contributed by atoms with Crippen LogP contribution < -0.4 is 5.32 Å². The van der Waals surface area contributed by atoms with Gasteiger partial charge < -0.3 is 15.0 Å². The van der Waals surface area contributed by atoms with Crippen LogP contribution in [-0.2, 0) is 4.74 Å². The molecule has 0 radical (unpaired) electrons. The highest BCUT2D eigenvalue weighted by Gasteiger charge is 2.22. The van der Waals surface area contributed by atoms with E-state index >= 15 is 0 Å². The first kappa shape index (κ1) is 17.9. The van der Waals surface area contributed by atoms with Gasteiger partial charge in [0, 0.05) is 25.0 Å². The van der Waals surface area contributed by atoms with E-state index in [1.165, 1.54) is 13.5 Å². The summed E-state index contributed by atoms with van der Waals surface area (Å²) in [5, 5.41) is 3.19. The van der Waals surface area contributed by atoms with E-state index in [0.29, 0.717) is 22.7 Å². The van der Waals surface area contributed by atoms with Crippen LogP contribution in [0.4, 0.5) is 11.4 Å². The highest BCUT2D eigenvalue weighted by Crippen LogP contribution is 2.21. The van der Waals surface area contributed by atoms with Gasteiger partial charge in [-0.1, -0.05) is 13.0 Å². The number of likely N-dealkylation sites (tertiary alicyclic amines) is 1. The quantitative estimate of drug-likeness (QED) is 0.852. The summed E-state index contributed by atoms with van der Waals surface area (Å²) in [6.07, 6.45) is 5.46. The first-order chi connectivity index (χ1) is 12.6. The number of amides is 1. The Labute approximate surface area is 153 Å². The molecule has 1 atom stereocenters. The normalized spacial score (nSPS) is 16.8. The molecule has 1 fully saturated rings. The van der Waals surface area contributed by atoms with Crippen molar-refractivity contribution in [3.63, 3.8) is 0 Å². The van der Waals surface area contributed by atoms with Crippen molar-refractivity contribution in [1.82, 2.24) is 9.88 Å². The van der Waals surface area contributed by atoms with Gasteiger partial charge in [0.15, 0.2) is 0 Å². The highest BCUT2D eigenvalue weighted by molar-refractivity contribution is 5.95. The lowest BCUT2D eigenvalue weighted by atomic mass is 10.00. The van der Waals surface area contributed by atoms with Crippen molar-refractivity contribution in [1.29, 1.82) is 0 Å². The molecule has 1 amide bonds. The van der Waals surface area contributed by atoms with Crippen LogP contribution in [0.25, 0.3) is 0 Å². The lowest BCUT2D eigenvalue weighted by Gasteiger charge is -2.31. The Morgan fingerprint density at radius 1 is 1.19 bits per heavy atom. The summed E-state index contributed by atoms with van der Waals surface area (Å²) < 4.78 is 4.74. The van der Waals surface area contributed by atoms with Gasteiger partial charge in [-0.15, -0.1) is 0 Å². The van der Waals surface area contributed by atoms with Gasteiger partial charge in [-0.05, 0) is 43.0 Å². The van der Waals surface area contributed by atoms with Crippen molar-refractivity contribution in [3.8, 4) is 0 Å². The standard InChI is InChI=1S/C20H23N3O3/c1-14-5-4-8-23(13-14)19(24)16-10-18(12-21-11-16)22-17-7-3-6-15(9-17)20(25)26-2/h3,6-7,9-12,14,22H,4-5,8,13H2,1-2H3. The van der Waals surface area contributed by atoms with E-state index < -0.39 is 5.97 Å². The van der Waals surface area contributed by atoms with Gasteiger partial charge in [-0.2, -0.15) is 0 Å². The maximum atomic E-state index is 12.7. The minimum absolute atomic E-state index is 0.0102. The number of nitrogens with one attached hydrogen (secondary N) is 1. The zero-order valence-corrected chi connectivity index (χ0v) is 15.1. The van der Waals surface area contributed by atoms with Crippen LogP contribution in [0, 0.1) is 5.92 Å². The van der Waals surface area contributed by atoms with Crippen LogP contribution in [0.15, 0.2) is 42.7 Å². The summed E-state index contributed by atoms with van der Waals surface area (Å²) in [4.78, 5) is 30.5. The Balaban J connectivity index is 1.75. The SMILES string of the molecule is COC(=O)c1cccc(Nc2cncc(C(=O)N3CCCC(C)C3)c2)c1. The summed E-state index contributed by atoms with van der Waals surface area (Å²) in [6, 6.07) is 8.79. The van der Waals surface area contributed by atoms with E-state index in [2.05, 4.69) is 17.2 Å². The molecule has 1 aromatic heterocycles. The molecular weight excluding hydrogens is 330 g/mol. The molecule has 0 spiro atoms. The third-order valence-corrected chi connectivity index (χ3v) is 4.50. The summed E-state index contributed by atoms with van der Waals surface area (Å²) in [5.74, 6) is 0.147. The van der Waals surface area contributed by atoms with Gasteiger partial charge in [0.05, 0.1) is 30.1 Å². The molecule has 1 saturated heterocycles. The van der Waals surface area contributed by atoms with Crippen molar-refractivity contribution in [2.45, 2.75) is 19.8 Å². The highest BCUT2D eigenvalue weighted by atomic mass is 16.5. The number of nitrogens with zero attached hydrogens (tertiary/aromatic N) is 2. The number of methoxy groups -OCH3 is 1. The minimum Gasteiger partial charge on any atom is -0.465 e. The number of rotatable bonds is 4. The number of benzene rings is 1. The second kappa shape index (κ2) is 7.99. The molecule has 26 heavy (non-hydrogen) atoms. The van der Waals surface area contributed by atoms with Crippen LogP contribution in [-0.4, -0.2) is 42.0 Å². The fourth-order valence-corrected chi connectivity index (χ4v) is 3.19. The van der Waals surface area contributed by atoms with Crippen LogP contribution in [0.3, 0.4) is 0 Å². The Bertz CT molecular complexity index is 806. The smallest absolute Gasteiger partial charge is 0.337 e. The first-order valence-corrected chi connectivity index (χ1v) is 8.76. The molecule has 3 rings (SSSR count). The maximum absolute atomic E-state index is 12.7.